The Bertz CT molecular complexity index is 2030. The van der Waals surface area contributed by atoms with Gasteiger partial charge in [0.1, 0.15) is 29.8 Å². The molecule has 2 aromatic heterocycles. The van der Waals surface area contributed by atoms with Crippen molar-refractivity contribution in [3.8, 4) is 0 Å². The lowest BCUT2D eigenvalue weighted by Gasteiger charge is -2.39. The van der Waals surface area contributed by atoms with Gasteiger partial charge in [-0.2, -0.15) is 18.6 Å². The molecule has 17 heteroatoms. The Kier molecular flexibility index (Phi) is 12.6. The van der Waals surface area contributed by atoms with Crippen molar-refractivity contribution in [2.45, 2.75) is 102 Å². The van der Waals surface area contributed by atoms with Crippen molar-refractivity contribution in [2.24, 2.45) is 14.1 Å². The van der Waals surface area contributed by atoms with Crippen LogP contribution in [0.5, 0.6) is 0 Å². The van der Waals surface area contributed by atoms with E-state index in [1.165, 1.54) is 45.1 Å². The van der Waals surface area contributed by atoms with E-state index in [9.17, 15) is 31.2 Å². The number of hydrogen-bond acceptors (Lipinski definition) is 9. The number of aromatic nitrogens is 6. The predicted molar refractivity (Wildman–Crippen MR) is 186 cm³/mol. The number of nitrogens with zero attached hydrogens (tertiary/aromatic N) is 7. The number of piperidine rings is 1. The van der Waals surface area contributed by atoms with Gasteiger partial charge < -0.3 is 4.74 Å². The average Bonchev–Trinajstić information content (AvgIpc) is 3.58. The van der Waals surface area contributed by atoms with Gasteiger partial charge in [0, 0.05) is 32.7 Å². The summed E-state index contributed by atoms with van der Waals surface area (Å²) in [4.78, 5) is 26.0. The van der Waals surface area contributed by atoms with Gasteiger partial charge in [-0.1, -0.05) is 29.8 Å². The van der Waals surface area contributed by atoms with E-state index in [2.05, 4.69) is 15.1 Å². The zero-order valence-corrected chi connectivity index (χ0v) is 30.8. The van der Waals surface area contributed by atoms with Crippen LogP contribution in [-0.2, 0) is 52.8 Å². The van der Waals surface area contributed by atoms with Crippen LogP contribution in [0.2, 0.25) is 0 Å². The Morgan fingerprint density at radius 1 is 0.827 bits per heavy atom. The summed E-state index contributed by atoms with van der Waals surface area (Å²) in [5.74, 6) is 0.770. The maximum absolute atomic E-state index is 14.8. The molecular formula is C35H46F3N7O6S. The first-order valence-electron chi connectivity index (χ1n) is 17.2. The smallest absolute Gasteiger partial charge is 0.345 e. The summed E-state index contributed by atoms with van der Waals surface area (Å²) in [6, 6.07) is 13.1. The fourth-order valence-electron chi connectivity index (χ4n) is 6.58. The second kappa shape index (κ2) is 16.7. The number of hydrogen-bond donors (Lipinski definition) is 0. The minimum Gasteiger partial charge on any atom is -0.373 e. The quantitative estimate of drug-likeness (QED) is 0.188. The summed E-state index contributed by atoms with van der Waals surface area (Å²) in [7, 11) is -0.868. The van der Waals surface area contributed by atoms with E-state index < -0.39 is 34.8 Å². The Morgan fingerprint density at radius 2 is 1.38 bits per heavy atom. The van der Waals surface area contributed by atoms with Gasteiger partial charge >= 0.3 is 11.4 Å². The van der Waals surface area contributed by atoms with Crippen LogP contribution in [0.25, 0.3) is 0 Å². The number of rotatable bonds is 13. The van der Waals surface area contributed by atoms with Crippen molar-refractivity contribution in [3.63, 3.8) is 0 Å². The summed E-state index contributed by atoms with van der Waals surface area (Å²) in [5.41, 5.74) is 0.987. The molecule has 2 fully saturated rings. The topological polar surface area (TPSA) is 135 Å². The van der Waals surface area contributed by atoms with Crippen LogP contribution in [0, 0.1) is 26.6 Å². The lowest BCUT2D eigenvalue weighted by atomic mass is 9.99. The SMILES string of the molecule is Cc1ccc(S(=O)(=O)OC[C@H](F)Cn2nc(C)n(C)c2=O)cc1.Cc1nn(C[C@@H](F)CN2C3CCC2CC(OCc2cccc(F)c2)C3)c(=O)n1C. The zero-order valence-electron chi connectivity index (χ0n) is 30.0. The number of alkyl halides is 2. The van der Waals surface area contributed by atoms with E-state index >= 15 is 0 Å². The van der Waals surface area contributed by atoms with Gasteiger partial charge in [-0.05, 0) is 76.3 Å². The third kappa shape index (κ3) is 9.67. The highest BCUT2D eigenvalue weighted by Crippen LogP contribution is 2.37. The lowest BCUT2D eigenvalue weighted by Crippen LogP contribution is -2.48. The number of aryl methyl sites for hydroxylation is 3. The summed E-state index contributed by atoms with van der Waals surface area (Å²) in [6.45, 7) is 4.81. The third-order valence-electron chi connectivity index (χ3n) is 9.60. The number of benzene rings is 2. The Hall–Kier alpha value is -4.06. The van der Waals surface area contributed by atoms with Crippen molar-refractivity contribution in [1.82, 2.24) is 33.6 Å². The first kappa shape index (κ1) is 39.2. The molecule has 2 aliphatic rings. The summed E-state index contributed by atoms with van der Waals surface area (Å²) >= 11 is 0. The molecule has 0 saturated carbocycles. The molecule has 0 N–H and O–H groups in total. The van der Waals surface area contributed by atoms with Crippen LogP contribution in [0.1, 0.15) is 48.5 Å². The standard InChI is InChI=1S/C21H28F2N4O2.C14H18FN3O4S/c1-14-24-27(21(28)25(14)2)12-17(23)11-26-18-6-7-19(26)10-20(9-18)29-13-15-4-3-5-16(22)8-15;1-10-4-6-13(7-5-10)23(20,21)22-9-12(15)8-18-14(19)17(3)11(2)16-18/h3-5,8,17-20H,6-7,9-13H2,1-2H3;4-7,12H,8-9H2,1-3H3/t17-,18?,19?,20?;12-/m01/s1. The molecule has 13 nitrogen and oxygen atoms in total. The van der Waals surface area contributed by atoms with Gasteiger partial charge in [-0.15, -0.1) is 0 Å². The van der Waals surface area contributed by atoms with Crippen LogP contribution in [-0.4, -0.2) is 85.7 Å². The third-order valence-corrected chi connectivity index (χ3v) is 10.9. The first-order valence-corrected chi connectivity index (χ1v) is 18.6. The normalized spacial score (nSPS) is 20.0. The average molecular weight is 750 g/mol. The fourth-order valence-corrected chi connectivity index (χ4v) is 7.51. The molecule has 4 aromatic rings. The maximum Gasteiger partial charge on any atom is 0.345 e. The van der Waals surface area contributed by atoms with Crippen molar-refractivity contribution < 1.29 is 30.5 Å². The van der Waals surface area contributed by atoms with Gasteiger partial charge in [-0.3, -0.25) is 18.2 Å². The van der Waals surface area contributed by atoms with Crippen molar-refractivity contribution in [2.75, 3.05) is 13.2 Å². The van der Waals surface area contributed by atoms with Crippen molar-refractivity contribution >= 4 is 10.1 Å². The molecule has 2 saturated heterocycles. The first-order chi connectivity index (χ1) is 24.6. The van der Waals surface area contributed by atoms with E-state index in [0.717, 1.165) is 41.5 Å². The number of fused-ring (bicyclic) bond motifs is 2. The Labute approximate surface area is 300 Å². The molecule has 52 heavy (non-hydrogen) atoms. The fraction of sp³-hybridized carbons (Fsp3) is 0.543. The molecule has 6 rings (SSSR count). The van der Waals surface area contributed by atoms with Gasteiger partial charge in [-0.25, -0.2) is 32.1 Å². The molecule has 4 atom stereocenters. The van der Waals surface area contributed by atoms with Crippen LogP contribution < -0.4 is 11.4 Å². The van der Waals surface area contributed by atoms with Crippen LogP contribution >= 0.6 is 0 Å². The monoisotopic (exact) mass is 749 g/mol. The summed E-state index contributed by atoms with van der Waals surface area (Å²) < 4.78 is 81.5. The Balaban J connectivity index is 0.000000207. The van der Waals surface area contributed by atoms with Crippen molar-refractivity contribution in [3.05, 3.63) is 98.1 Å². The highest BCUT2D eigenvalue weighted by Gasteiger charge is 2.42. The van der Waals surface area contributed by atoms with Crippen molar-refractivity contribution in [1.29, 1.82) is 0 Å². The molecule has 284 valence electrons. The number of halogens is 3. The molecular weight excluding hydrogens is 703 g/mol. The van der Waals surface area contributed by atoms with Gasteiger partial charge in [0.2, 0.25) is 0 Å². The van der Waals surface area contributed by atoms with E-state index in [4.69, 9.17) is 8.92 Å². The minimum atomic E-state index is -4.03. The van der Waals surface area contributed by atoms with Gasteiger partial charge in [0.05, 0.1) is 37.3 Å². The van der Waals surface area contributed by atoms with Crippen LogP contribution in [0.3, 0.4) is 0 Å². The molecule has 4 heterocycles. The molecule has 0 amide bonds. The predicted octanol–water partition coefficient (Wildman–Crippen LogP) is 3.52. The molecule has 2 unspecified atom stereocenters. The van der Waals surface area contributed by atoms with E-state index in [-0.39, 0.29) is 35.6 Å². The minimum absolute atomic E-state index is 0.0179. The lowest BCUT2D eigenvalue weighted by molar-refractivity contribution is -0.0343. The summed E-state index contributed by atoms with van der Waals surface area (Å²) in [6.07, 6.45) is 1.10. The van der Waals surface area contributed by atoms with Crippen LogP contribution in [0.4, 0.5) is 13.2 Å². The highest BCUT2D eigenvalue weighted by molar-refractivity contribution is 7.86. The Morgan fingerprint density at radius 3 is 1.90 bits per heavy atom. The van der Waals surface area contributed by atoms with Gasteiger partial charge in [0.15, 0.2) is 0 Å². The summed E-state index contributed by atoms with van der Waals surface area (Å²) in [5, 5.41) is 8.01. The van der Waals surface area contributed by atoms with E-state index in [1.807, 2.05) is 13.0 Å². The second-order valence-electron chi connectivity index (χ2n) is 13.5. The zero-order chi connectivity index (χ0) is 37.7. The molecule has 2 bridgehead atoms. The molecule has 0 aliphatic carbocycles. The van der Waals surface area contributed by atoms with E-state index in [0.29, 0.717) is 36.9 Å². The number of ether oxygens (including phenoxy) is 1. The molecule has 0 radical (unpaired) electrons. The van der Waals surface area contributed by atoms with Crippen LogP contribution in [0.15, 0.2) is 63.0 Å². The van der Waals surface area contributed by atoms with E-state index in [1.54, 1.807) is 39.1 Å². The molecule has 2 aromatic carbocycles. The second-order valence-corrected chi connectivity index (χ2v) is 15.1. The van der Waals surface area contributed by atoms with Gasteiger partial charge in [0.25, 0.3) is 10.1 Å². The highest BCUT2D eigenvalue weighted by atomic mass is 32.2. The maximum atomic E-state index is 14.8. The molecule has 2 aliphatic heterocycles. The molecule has 0 spiro atoms. The largest absolute Gasteiger partial charge is 0.373 e.